The van der Waals surface area contributed by atoms with Crippen LogP contribution in [0.5, 0.6) is 0 Å². The highest BCUT2D eigenvalue weighted by Gasteiger charge is 2.16. The summed E-state index contributed by atoms with van der Waals surface area (Å²) in [6.45, 7) is 3.27. The van der Waals surface area contributed by atoms with Gasteiger partial charge in [0, 0.05) is 14.7 Å². The van der Waals surface area contributed by atoms with Gasteiger partial charge in [0.25, 0.3) is 6.43 Å². The number of alkyl halides is 2. The number of carbonyl (C=O) groups is 1. The molecule has 0 aromatic heterocycles. The number of carbonyl (C=O) groups excluding carboxylic acids is 1. The first-order chi connectivity index (χ1) is 6.97. The second-order valence-corrected chi connectivity index (χ2v) is 4.33. The van der Waals surface area contributed by atoms with Crippen molar-refractivity contribution in [3.05, 3.63) is 32.4 Å². The Labute approximate surface area is 101 Å². The molecule has 1 nitrogen and oxygen atoms in total. The van der Waals surface area contributed by atoms with Gasteiger partial charge in [0.2, 0.25) is 0 Å². The largest absolute Gasteiger partial charge is 0.295 e. The van der Waals surface area contributed by atoms with E-state index in [4.69, 9.17) is 0 Å². The number of aryl methyl sites for hydroxylation is 1. The maximum absolute atomic E-state index is 12.7. The summed E-state index contributed by atoms with van der Waals surface area (Å²) in [4.78, 5) is 11.2. The minimum atomic E-state index is -2.53. The van der Waals surface area contributed by atoms with E-state index in [1.165, 1.54) is 13.0 Å². The summed E-state index contributed by atoms with van der Waals surface area (Å²) in [7, 11) is 0. The molecular formula is C11H11F2IO. The van der Waals surface area contributed by atoms with E-state index < -0.39 is 6.43 Å². The molecule has 0 fully saturated rings. The maximum Gasteiger partial charge on any atom is 0.264 e. The molecular weight excluding hydrogens is 313 g/mol. The van der Waals surface area contributed by atoms with Crippen LogP contribution in [0.25, 0.3) is 0 Å². The van der Waals surface area contributed by atoms with Crippen LogP contribution in [-0.2, 0) is 6.42 Å². The fourth-order valence-electron chi connectivity index (χ4n) is 1.33. The van der Waals surface area contributed by atoms with E-state index in [9.17, 15) is 13.6 Å². The molecule has 0 amide bonds. The van der Waals surface area contributed by atoms with Crippen molar-refractivity contribution in [1.29, 1.82) is 0 Å². The van der Waals surface area contributed by atoms with Crippen molar-refractivity contribution in [1.82, 2.24) is 0 Å². The highest BCUT2D eigenvalue weighted by Crippen LogP contribution is 2.29. The first-order valence-corrected chi connectivity index (χ1v) is 5.66. The highest BCUT2D eigenvalue weighted by molar-refractivity contribution is 14.1. The lowest BCUT2D eigenvalue weighted by atomic mass is 10.0. The Hall–Kier alpha value is -0.520. The number of benzene rings is 1. The molecule has 0 aliphatic heterocycles. The summed E-state index contributed by atoms with van der Waals surface area (Å²) in [5.74, 6) is -0.178. The van der Waals surface area contributed by atoms with Gasteiger partial charge in [0.1, 0.15) is 0 Å². The Bertz CT molecular complexity index is 388. The fourth-order valence-corrected chi connectivity index (χ4v) is 2.26. The number of halogens is 3. The van der Waals surface area contributed by atoms with E-state index in [-0.39, 0.29) is 11.3 Å². The van der Waals surface area contributed by atoms with Gasteiger partial charge >= 0.3 is 0 Å². The van der Waals surface area contributed by atoms with Gasteiger partial charge < -0.3 is 0 Å². The van der Waals surface area contributed by atoms with Gasteiger partial charge in [-0.05, 0) is 53.6 Å². The van der Waals surface area contributed by atoms with Crippen molar-refractivity contribution in [3.8, 4) is 0 Å². The van der Waals surface area contributed by atoms with Crippen molar-refractivity contribution in [2.24, 2.45) is 0 Å². The van der Waals surface area contributed by atoms with E-state index in [2.05, 4.69) is 0 Å². The van der Waals surface area contributed by atoms with E-state index in [0.29, 0.717) is 15.6 Å². The Kier molecular flexibility index (Phi) is 4.19. The van der Waals surface area contributed by atoms with Crippen LogP contribution in [0.3, 0.4) is 0 Å². The molecule has 0 aliphatic rings. The lowest BCUT2D eigenvalue weighted by Crippen LogP contribution is -2.01. The van der Waals surface area contributed by atoms with Gasteiger partial charge in [-0.1, -0.05) is 6.92 Å². The molecule has 0 aliphatic carbocycles. The third kappa shape index (κ3) is 2.74. The molecule has 0 saturated heterocycles. The molecule has 1 aromatic carbocycles. The van der Waals surface area contributed by atoms with Crippen molar-refractivity contribution in [3.63, 3.8) is 0 Å². The number of ketones is 1. The van der Waals surface area contributed by atoms with Crippen molar-refractivity contribution in [2.75, 3.05) is 0 Å². The van der Waals surface area contributed by atoms with Gasteiger partial charge in [0.15, 0.2) is 5.78 Å². The second kappa shape index (κ2) is 5.01. The van der Waals surface area contributed by atoms with E-state index in [0.717, 1.165) is 5.56 Å². The van der Waals surface area contributed by atoms with Gasteiger partial charge in [-0.15, -0.1) is 0 Å². The van der Waals surface area contributed by atoms with E-state index in [1.807, 2.05) is 29.5 Å². The highest BCUT2D eigenvalue weighted by atomic mass is 127. The van der Waals surface area contributed by atoms with Crippen LogP contribution in [0.2, 0.25) is 0 Å². The molecule has 0 spiro atoms. The SMILES string of the molecule is CCc1cc(C(C)=O)cc(C(F)F)c1I. The predicted molar refractivity (Wildman–Crippen MR) is 63.5 cm³/mol. The van der Waals surface area contributed by atoms with Gasteiger partial charge in [0.05, 0.1) is 0 Å². The molecule has 0 radical (unpaired) electrons. The molecule has 0 unspecified atom stereocenters. The normalized spacial score (nSPS) is 10.8. The number of hydrogen-bond donors (Lipinski definition) is 0. The molecule has 1 aromatic rings. The molecule has 0 heterocycles. The number of rotatable bonds is 3. The Morgan fingerprint density at radius 2 is 2.07 bits per heavy atom. The van der Waals surface area contributed by atoms with Gasteiger partial charge in [-0.25, -0.2) is 8.78 Å². The molecule has 4 heteroatoms. The molecule has 0 atom stereocenters. The van der Waals surface area contributed by atoms with Crippen LogP contribution >= 0.6 is 22.6 Å². The summed E-state index contributed by atoms with van der Waals surface area (Å²) < 4.78 is 25.9. The molecule has 82 valence electrons. The zero-order chi connectivity index (χ0) is 11.6. The maximum atomic E-state index is 12.7. The predicted octanol–water partition coefficient (Wildman–Crippen LogP) is 3.99. The van der Waals surface area contributed by atoms with Crippen molar-refractivity contribution < 1.29 is 13.6 Å². The summed E-state index contributed by atoms with van der Waals surface area (Å²) >= 11 is 1.90. The lowest BCUT2D eigenvalue weighted by molar-refractivity contribution is 0.101. The zero-order valence-electron chi connectivity index (χ0n) is 8.48. The molecule has 0 N–H and O–H groups in total. The molecule has 15 heavy (non-hydrogen) atoms. The first-order valence-electron chi connectivity index (χ1n) is 4.58. The first kappa shape index (κ1) is 12.5. The third-order valence-corrected chi connectivity index (χ3v) is 3.51. The molecule has 1 rings (SSSR count). The third-order valence-electron chi connectivity index (χ3n) is 2.20. The smallest absolute Gasteiger partial charge is 0.264 e. The standard InChI is InChI=1S/C11H11F2IO/c1-3-7-4-8(6(2)15)5-9(10(7)14)11(12)13/h4-5,11H,3H2,1-2H3. The molecule has 0 saturated carbocycles. The Balaban J connectivity index is 3.38. The summed E-state index contributed by atoms with van der Waals surface area (Å²) in [5, 5.41) is 0. The van der Waals surface area contributed by atoms with Crippen LogP contribution in [0.1, 0.15) is 41.8 Å². The number of hydrogen-bond acceptors (Lipinski definition) is 1. The Morgan fingerprint density at radius 3 is 2.47 bits per heavy atom. The van der Waals surface area contributed by atoms with Gasteiger partial charge in [-0.3, -0.25) is 4.79 Å². The van der Waals surface area contributed by atoms with Crippen LogP contribution in [0.4, 0.5) is 8.78 Å². The average molecular weight is 324 g/mol. The Morgan fingerprint density at radius 1 is 1.47 bits per heavy atom. The summed E-state index contributed by atoms with van der Waals surface area (Å²) in [6, 6.07) is 2.98. The molecule has 0 bridgehead atoms. The van der Waals surface area contributed by atoms with Crippen LogP contribution in [-0.4, -0.2) is 5.78 Å². The average Bonchev–Trinajstić information content (AvgIpc) is 2.17. The van der Waals surface area contributed by atoms with E-state index in [1.54, 1.807) is 6.07 Å². The van der Waals surface area contributed by atoms with Crippen LogP contribution < -0.4 is 0 Å². The quantitative estimate of drug-likeness (QED) is 0.607. The topological polar surface area (TPSA) is 17.1 Å². The fraction of sp³-hybridized carbons (Fsp3) is 0.364. The summed E-state index contributed by atoms with van der Waals surface area (Å²) in [6.07, 6.45) is -1.87. The monoisotopic (exact) mass is 324 g/mol. The minimum Gasteiger partial charge on any atom is -0.295 e. The van der Waals surface area contributed by atoms with Crippen molar-refractivity contribution >= 4 is 28.4 Å². The van der Waals surface area contributed by atoms with Crippen LogP contribution in [0.15, 0.2) is 12.1 Å². The second-order valence-electron chi connectivity index (χ2n) is 3.25. The van der Waals surface area contributed by atoms with Gasteiger partial charge in [-0.2, -0.15) is 0 Å². The summed E-state index contributed by atoms with van der Waals surface area (Å²) in [5.41, 5.74) is 1.13. The van der Waals surface area contributed by atoms with E-state index >= 15 is 0 Å². The number of Topliss-reactive ketones (excluding diaryl/α,β-unsaturated/α-hetero) is 1. The zero-order valence-corrected chi connectivity index (χ0v) is 10.6. The van der Waals surface area contributed by atoms with Crippen LogP contribution in [0, 0.1) is 3.57 Å². The lowest BCUT2D eigenvalue weighted by Gasteiger charge is -2.10. The minimum absolute atomic E-state index is 0.0415. The van der Waals surface area contributed by atoms with Crippen molar-refractivity contribution in [2.45, 2.75) is 26.7 Å².